The van der Waals surface area contributed by atoms with Gasteiger partial charge in [-0.25, -0.2) is 5.26 Å². The van der Waals surface area contributed by atoms with Crippen LogP contribution in [0, 0.1) is 74.9 Å². The Labute approximate surface area is 323 Å². The van der Waals surface area contributed by atoms with Crippen molar-refractivity contribution >= 4 is 30.0 Å². The summed E-state index contributed by atoms with van der Waals surface area (Å²) < 4.78 is 36.7. The molecule has 300 valence electrons. The lowest BCUT2D eigenvalue weighted by molar-refractivity contribution is -0.432. The minimum Gasteiger partial charge on any atom is -0.464 e. The van der Waals surface area contributed by atoms with Crippen molar-refractivity contribution < 1.29 is 52.7 Å². The predicted molar refractivity (Wildman–Crippen MR) is 194 cm³/mol. The Morgan fingerprint density at radius 2 is 0.963 bits per heavy atom. The summed E-state index contributed by atoms with van der Waals surface area (Å²) in [6, 6.07) is 0. The number of esters is 3. The molecule has 1 N–H and O–H groups in total. The first-order valence-corrected chi connectivity index (χ1v) is 22.0. The first-order chi connectivity index (χ1) is 25.8. The molecular formula is C42H60O11S. The van der Waals surface area contributed by atoms with Crippen molar-refractivity contribution in [1.29, 1.82) is 0 Å². The lowest BCUT2D eigenvalue weighted by Crippen LogP contribution is -2.68. The van der Waals surface area contributed by atoms with Crippen LogP contribution in [-0.4, -0.2) is 66.7 Å². The summed E-state index contributed by atoms with van der Waals surface area (Å²) in [5, 5.41) is 12.4. The van der Waals surface area contributed by atoms with Gasteiger partial charge in [0.05, 0.1) is 39.6 Å². The normalized spacial score (nSPS) is 49.1. The van der Waals surface area contributed by atoms with Gasteiger partial charge in [0, 0.05) is 23.9 Å². The molecule has 1 heterocycles. The first-order valence-electron chi connectivity index (χ1n) is 21.3. The maximum Gasteiger partial charge on any atom is 0.312 e. The fourth-order valence-electron chi connectivity index (χ4n) is 15.5. The number of carbonyl (C=O) groups excluding carboxylic acids is 3. The van der Waals surface area contributed by atoms with Gasteiger partial charge < -0.3 is 23.7 Å². The Balaban J connectivity index is 0.844. The molecule has 1 saturated heterocycles. The van der Waals surface area contributed by atoms with Gasteiger partial charge in [-0.1, -0.05) is 5.04 Å². The summed E-state index contributed by atoms with van der Waals surface area (Å²) in [4.78, 5) is 42.1. The maximum atomic E-state index is 14.1. The third-order valence-electron chi connectivity index (χ3n) is 16.8. The topological polar surface area (TPSA) is 136 Å². The summed E-state index contributed by atoms with van der Waals surface area (Å²) in [5.41, 5.74) is -2.13. The van der Waals surface area contributed by atoms with E-state index in [2.05, 4.69) is 9.37 Å². The number of rotatable bonds is 12. The molecule has 11 nitrogen and oxygen atoms in total. The Hall–Kier alpha value is -1.44. The molecule has 0 aromatic rings. The fraction of sp³-hybridized carbons (Fsp3) is 0.929. The van der Waals surface area contributed by atoms with E-state index in [9.17, 15) is 14.4 Å². The van der Waals surface area contributed by atoms with E-state index >= 15 is 0 Å². The monoisotopic (exact) mass is 772 g/mol. The number of ether oxygens (including phenoxy) is 5. The van der Waals surface area contributed by atoms with Gasteiger partial charge in [-0.2, -0.15) is 0 Å². The minimum atomic E-state index is -0.820. The van der Waals surface area contributed by atoms with Gasteiger partial charge in [-0.3, -0.25) is 14.4 Å². The van der Waals surface area contributed by atoms with Crippen LogP contribution in [0.5, 0.6) is 0 Å². The number of carbonyl (C=O) groups is 3. The minimum absolute atomic E-state index is 0.0342. The lowest BCUT2D eigenvalue weighted by atomic mass is 9.47. The molecule has 13 rings (SSSR count). The van der Waals surface area contributed by atoms with Gasteiger partial charge in [-0.05, 0) is 164 Å². The highest BCUT2D eigenvalue weighted by Gasteiger charge is 2.68. The molecule has 0 radical (unpaired) electrons. The zero-order chi connectivity index (χ0) is 37.1. The largest absolute Gasteiger partial charge is 0.464 e. The van der Waals surface area contributed by atoms with Crippen molar-refractivity contribution in [3.8, 4) is 0 Å². The van der Waals surface area contributed by atoms with Gasteiger partial charge >= 0.3 is 17.9 Å². The molecule has 0 aromatic carbocycles. The Morgan fingerprint density at radius 3 is 1.37 bits per heavy atom. The molecule has 0 amide bonds. The molecule has 13 aliphatic rings. The fourth-order valence-corrected chi connectivity index (χ4v) is 15.8. The van der Waals surface area contributed by atoms with Crippen LogP contribution in [0.3, 0.4) is 0 Å². The van der Waals surface area contributed by atoms with Crippen molar-refractivity contribution in [2.24, 2.45) is 74.9 Å². The second-order valence-corrected chi connectivity index (χ2v) is 22.9. The lowest BCUT2D eigenvalue weighted by Gasteiger charge is -2.65. The van der Waals surface area contributed by atoms with Crippen LogP contribution < -0.4 is 0 Å². The van der Waals surface area contributed by atoms with Crippen molar-refractivity contribution in [2.45, 2.75) is 134 Å². The molecule has 1 spiro atoms. The molecule has 2 unspecified atom stereocenters. The quantitative estimate of drug-likeness (QED) is 0.0694. The van der Waals surface area contributed by atoms with E-state index in [0.717, 1.165) is 69.8 Å². The van der Waals surface area contributed by atoms with E-state index < -0.39 is 21.4 Å². The smallest absolute Gasteiger partial charge is 0.312 e. The molecule has 1 aliphatic heterocycles. The van der Waals surface area contributed by atoms with Crippen LogP contribution in [-0.2, 0) is 47.4 Å². The molecule has 13 fully saturated rings. The van der Waals surface area contributed by atoms with Gasteiger partial charge in [-0.15, -0.1) is 4.33 Å². The molecule has 2 atom stereocenters. The van der Waals surface area contributed by atoms with E-state index in [0.29, 0.717) is 54.3 Å². The highest BCUT2D eigenvalue weighted by atomic mass is 32.2. The van der Waals surface area contributed by atoms with Crippen LogP contribution >= 0.6 is 12.0 Å². The predicted octanol–water partition coefficient (Wildman–Crippen LogP) is 7.45. The maximum absolute atomic E-state index is 14.1. The number of hydrogen-bond acceptors (Lipinski definition) is 12. The van der Waals surface area contributed by atoms with Crippen molar-refractivity contribution in [1.82, 2.24) is 0 Å². The van der Waals surface area contributed by atoms with E-state index in [1.807, 2.05) is 13.8 Å². The molecule has 54 heavy (non-hydrogen) atoms. The van der Waals surface area contributed by atoms with Crippen LogP contribution in [0.1, 0.15) is 123 Å². The summed E-state index contributed by atoms with van der Waals surface area (Å²) in [7, 11) is 0. The Kier molecular flexibility index (Phi) is 8.90. The van der Waals surface area contributed by atoms with E-state index in [1.165, 1.54) is 38.5 Å². The van der Waals surface area contributed by atoms with Crippen molar-refractivity contribution in [3.63, 3.8) is 0 Å². The van der Waals surface area contributed by atoms with Gasteiger partial charge in [0.2, 0.25) is 0 Å². The molecule has 0 aromatic heterocycles. The zero-order valence-corrected chi connectivity index (χ0v) is 33.0. The summed E-state index contributed by atoms with van der Waals surface area (Å²) in [6.07, 6.45) is 17.2. The van der Waals surface area contributed by atoms with E-state index in [4.69, 9.17) is 28.9 Å². The van der Waals surface area contributed by atoms with Crippen molar-refractivity contribution in [3.05, 3.63) is 0 Å². The Morgan fingerprint density at radius 1 is 0.593 bits per heavy atom. The second-order valence-electron chi connectivity index (χ2n) is 21.5. The molecule has 12 aliphatic carbocycles. The van der Waals surface area contributed by atoms with Gasteiger partial charge in [0.25, 0.3) is 0 Å². The molecular weight excluding hydrogens is 713 g/mol. The third-order valence-corrected chi connectivity index (χ3v) is 17.5. The van der Waals surface area contributed by atoms with Crippen LogP contribution in [0.4, 0.5) is 0 Å². The van der Waals surface area contributed by atoms with Gasteiger partial charge in [0.1, 0.15) is 19.8 Å². The average molecular weight is 773 g/mol. The van der Waals surface area contributed by atoms with E-state index in [-0.39, 0.29) is 73.6 Å². The first kappa shape index (κ1) is 36.9. The highest BCUT2D eigenvalue weighted by molar-refractivity contribution is 7.95. The van der Waals surface area contributed by atoms with Crippen LogP contribution in [0.25, 0.3) is 0 Å². The summed E-state index contributed by atoms with van der Waals surface area (Å²) >= 11 is 0.902. The molecule has 12 saturated carbocycles. The van der Waals surface area contributed by atoms with Crippen LogP contribution in [0.15, 0.2) is 0 Å². The molecule has 12 bridgehead atoms. The second kappa shape index (κ2) is 13.0. The zero-order valence-electron chi connectivity index (χ0n) is 32.2. The van der Waals surface area contributed by atoms with E-state index in [1.54, 1.807) is 0 Å². The van der Waals surface area contributed by atoms with Gasteiger partial charge in [0.15, 0.2) is 5.79 Å². The average Bonchev–Trinajstić information content (AvgIpc) is 3.12. The third kappa shape index (κ3) is 6.11. The summed E-state index contributed by atoms with van der Waals surface area (Å²) in [6.45, 7) is 4.62. The molecule has 12 heteroatoms. The standard InChI is InChI=1S/C42H60O11S/c1-37(2,54-53-52-46)20-47-36(45)41-17-31-9-32(18-41)42(33(10-31)19-41)50-23-38(24-51-42,21-48-34(43)39-11-25-3-26(12-39)5-27(4-25)13-39)22-49-35(44)40-14-28-6-29(15-40)8-30(7-28)16-40/h25-33,46H,3-24H2,1-2H3. The Bertz CT molecular complexity index is 1370. The SMILES string of the molecule is CC(C)(COC(=O)C12CC3CC(C1)C1(OCC(COC(=O)C45CC6CC(CC(C6)C4)C5)(COC(=O)C45CC6CC(CC(C6)C4)C5)CO1)C(C3)C2)SOOO. The summed E-state index contributed by atoms with van der Waals surface area (Å²) in [5.74, 6) is 3.15. The highest BCUT2D eigenvalue weighted by Crippen LogP contribution is 2.67. The van der Waals surface area contributed by atoms with Crippen LogP contribution in [0.2, 0.25) is 0 Å². The number of hydrogen-bond donors (Lipinski definition) is 1. The van der Waals surface area contributed by atoms with Crippen molar-refractivity contribution in [2.75, 3.05) is 33.0 Å².